The Morgan fingerprint density at radius 3 is 3.00 bits per heavy atom. The van der Waals surface area contributed by atoms with Gasteiger partial charge in [-0.1, -0.05) is 6.07 Å². The number of nitrogens with zero attached hydrogens (tertiary/aromatic N) is 1. The highest BCUT2D eigenvalue weighted by Crippen LogP contribution is 2.30. The van der Waals surface area contributed by atoms with Crippen LogP contribution in [0.25, 0.3) is 0 Å². The number of aromatic hydroxyl groups is 1. The molecule has 6 heteroatoms. The molecule has 1 aromatic carbocycles. The summed E-state index contributed by atoms with van der Waals surface area (Å²) >= 11 is 1.54. The van der Waals surface area contributed by atoms with E-state index in [1.807, 2.05) is 6.07 Å². The first kappa shape index (κ1) is 15.6. The first-order valence-corrected chi connectivity index (χ1v) is 8.31. The van der Waals surface area contributed by atoms with Crippen LogP contribution >= 0.6 is 11.3 Å². The minimum atomic E-state index is -0.219. The lowest BCUT2D eigenvalue weighted by Gasteiger charge is -2.08. The number of carbonyl (C=O) groups is 1. The molecule has 0 spiro atoms. The number of amides is 1. The zero-order chi connectivity index (χ0) is 16.2. The third kappa shape index (κ3) is 3.37. The van der Waals surface area contributed by atoms with Gasteiger partial charge >= 0.3 is 0 Å². The summed E-state index contributed by atoms with van der Waals surface area (Å²) in [4.78, 5) is 14.2. The Labute approximate surface area is 138 Å². The van der Waals surface area contributed by atoms with Crippen molar-refractivity contribution in [1.29, 1.82) is 0 Å². The molecule has 1 aliphatic carbocycles. The van der Waals surface area contributed by atoms with E-state index in [1.54, 1.807) is 29.5 Å². The second-order valence-corrected chi connectivity index (χ2v) is 6.50. The average molecular weight is 330 g/mol. The number of methoxy groups -OCH3 is 1. The molecule has 1 aromatic heterocycles. The van der Waals surface area contributed by atoms with Gasteiger partial charge < -0.3 is 9.84 Å². The molecule has 23 heavy (non-hydrogen) atoms. The van der Waals surface area contributed by atoms with Gasteiger partial charge in [0.25, 0.3) is 5.91 Å². The minimum Gasteiger partial charge on any atom is -0.504 e. The molecule has 0 saturated carbocycles. The zero-order valence-electron chi connectivity index (χ0n) is 12.8. The van der Waals surface area contributed by atoms with Gasteiger partial charge in [-0.3, -0.25) is 4.79 Å². The van der Waals surface area contributed by atoms with E-state index >= 15 is 0 Å². The molecule has 5 nitrogen and oxygen atoms in total. The highest BCUT2D eigenvalue weighted by molar-refractivity contribution is 7.14. The Kier molecular flexibility index (Phi) is 4.62. The molecular weight excluding hydrogens is 312 g/mol. The van der Waals surface area contributed by atoms with E-state index in [-0.39, 0.29) is 11.7 Å². The monoisotopic (exact) mass is 330 g/mol. The first-order chi connectivity index (χ1) is 11.2. The fraction of sp³-hybridized carbons (Fsp3) is 0.294. The number of thiophene rings is 1. The highest BCUT2D eigenvalue weighted by Gasteiger charge is 2.16. The normalized spacial score (nSPS) is 13.8. The summed E-state index contributed by atoms with van der Waals surface area (Å²) in [5, 5.41) is 13.9. The van der Waals surface area contributed by atoms with Crippen molar-refractivity contribution < 1.29 is 14.6 Å². The van der Waals surface area contributed by atoms with E-state index in [0.29, 0.717) is 16.2 Å². The van der Waals surface area contributed by atoms with Crippen molar-refractivity contribution in [3.8, 4) is 11.5 Å². The smallest absolute Gasteiger partial charge is 0.281 e. The number of phenolic OH excluding ortho intramolecular Hbond substituents is 1. The fourth-order valence-electron chi connectivity index (χ4n) is 2.63. The molecule has 1 aliphatic rings. The van der Waals surface area contributed by atoms with Crippen LogP contribution in [0.4, 0.5) is 0 Å². The van der Waals surface area contributed by atoms with Crippen molar-refractivity contribution in [3.05, 3.63) is 45.1 Å². The first-order valence-electron chi connectivity index (χ1n) is 7.50. The molecule has 1 heterocycles. The van der Waals surface area contributed by atoms with Crippen molar-refractivity contribution in [2.75, 3.05) is 7.11 Å². The number of carbonyl (C=O) groups excluding carboxylic acids is 1. The second-order valence-electron chi connectivity index (χ2n) is 5.36. The SMILES string of the molecule is COc1cccc(/C=N/NC(=O)c2cc3c(s2)CCCC3)c1O. The molecule has 2 aromatic rings. The molecule has 0 unspecified atom stereocenters. The number of rotatable bonds is 4. The molecule has 0 bridgehead atoms. The Morgan fingerprint density at radius 2 is 2.22 bits per heavy atom. The molecule has 2 N–H and O–H groups in total. The summed E-state index contributed by atoms with van der Waals surface area (Å²) < 4.78 is 5.03. The maximum absolute atomic E-state index is 12.2. The molecule has 3 rings (SSSR count). The van der Waals surface area contributed by atoms with Gasteiger partial charge in [-0.2, -0.15) is 5.10 Å². The molecular formula is C17H18N2O3S. The molecule has 0 aliphatic heterocycles. The predicted molar refractivity (Wildman–Crippen MR) is 90.7 cm³/mol. The topological polar surface area (TPSA) is 70.9 Å². The second kappa shape index (κ2) is 6.83. The van der Waals surface area contributed by atoms with Gasteiger partial charge in [0.15, 0.2) is 11.5 Å². The van der Waals surface area contributed by atoms with E-state index < -0.39 is 0 Å². The number of phenols is 1. The van der Waals surface area contributed by atoms with Crippen LogP contribution in [0, 0.1) is 0 Å². The lowest BCUT2D eigenvalue weighted by atomic mass is 9.99. The predicted octanol–water partition coefficient (Wildman–Crippen LogP) is 3.11. The number of fused-ring (bicyclic) bond motifs is 1. The van der Waals surface area contributed by atoms with Gasteiger partial charge in [0.05, 0.1) is 18.2 Å². The van der Waals surface area contributed by atoms with Crippen LogP contribution in [0.1, 0.15) is 38.5 Å². The van der Waals surface area contributed by atoms with Crippen LogP contribution < -0.4 is 10.2 Å². The van der Waals surface area contributed by atoms with Gasteiger partial charge in [-0.25, -0.2) is 5.43 Å². The third-order valence-corrected chi connectivity index (χ3v) is 5.08. The van der Waals surface area contributed by atoms with Crippen LogP contribution in [0.3, 0.4) is 0 Å². The lowest BCUT2D eigenvalue weighted by molar-refractivity contribution is 0.0959. The maximum Gasteiger partial charge on any atom is 0.281 e. The van der Waals surface area contributed by atoms with Crippen LogP contribution in [0.2, 0.25) is 0 Å². The van der Waals surface area contributed by atoms with Gasteiger partial charge in [0.1, 0.15) is 0 Å². The van der Waals surface area contributed by atoms with E-state index in [0.717, 1.165) is 12.8 Å². The molecule has 0 radical (unpaired) electrons. The number of hydrazone groups is 1. The number of ether oxygens (including phenoxy) is 1. The fourth-order valence-corrected chi connectivity index (χ4v) is 3.77. The lowest BCUT2D eigenvalue weighted by Crippen LogP contribution is -2.16. The highest BCUT2D eigenvalue weighted by atomic mass is 32.1. The Hall–Kier alpha value is -2.34. The van der Waals surface area contributed by atoms with Crippen molar-refractivity contribution >= 4 is 23.5 Å². The summed E-state index contributed by atoms with van der Waals surface area (Å²) in [5.74, 6) is 0.147. The van der Waals surface area contributed by atoms with Gasteiger partial charge in [-0.15, -0.1) is 11.3 Å². The Balaban J connectivity index is 1.68. The van der Waals surface area contributed by atoms with Crippen LogP contribution in [0.5, 0.6) is 11.5 Å². The van der Waals surface area contributed by atoms with Crippen LogP contribution in [0.15, 0.2) is 29.4 Å². The molecule has 120 valence electrons. The van der Waals surface area contributed by atoms with Gasteiger partial charge in [0, 0.05) is 10.4 Å². The van der Waals surface area contributed by atoms with E-state index in [9.17, 15) is 9.90 Å². The van der Waals surface area contributed by atoms with E-state index in [4.69, 9.17) is 4.74 Å². The Bertz CT molecular complexity index is 729. The number of aryl methyl sites for hydroxylation is 2. The van der Waals surface area contributed by atoms with Crippen LogP contribution in [-0.2, 0) is 12.8 Å². The summed E-state index contributed by atoms with van der Waals surface area (Å²) in [5.41, 5.74) is 4.28. The molecule has 1 amide bonds. The quantitative estimate of drug-likeness (QED) is 0.668. The average Bonchev–Trinajstić information content (AvgIpc) is 3.00. The minimum absolute atomic E-state index is 0.000383. The summed E-state index contributed by atoms with van der Waals surface area (Å²) in [6.45, 7) is 0. The van der Waals surface area contributed by atoms with Crippen molar-refractivity contribution in [1.82, 2.24) is 5.43 Å². The molecule has 0 atom stereocenters. The third-order valence-electron chi connectivity index (χ3n) is 3.84. The van der Waals surface area contributed by atoms with Crippen molar-refractivity contribution in [3.63, 3.8) is 0 Å². The number of hydrogen-bond donors (Lipinski definition) is 2. The number of nitrogens with one attached hydrogen (secondary N) is 1. The van der Waals surface area contributed by atoms with Crippen molar-refractivity contribution in [2.45, 2.75) is 25.7 Å². The van der Waals surface area contributed by atoms with Gasteiger partial charge in [0.2, 0.25) is 0 Å². The summed E-state index contributed by atoms with van der Waals surface area (Å²) in [7, 11) is 1.48. The standard InChI is InChI=1S/C17H18N2O3S/c1-22-13-7-4-6-12(16(13)20)10-18-19-17(21)15-9-11-5-2-3-8-14(11)23-15/h4,6-7,9-10,20H,2-3,5,8H2,1H3,(H,19,21)/b18-10+. The Morgan fingerprint density at radius 1 is 1.39 bits per heavy atom. The summed E-state index contributed by atoms with van der Waals surface area (Å²) in [6, 6.07) is 7.06. The summed E-state index contributed by atoms with van der Waals surface area (Å²) in [6.07, 6.45) is 5.91. The largest absolute Gasteiger partial charge is 0.504 e. The van der Waals surface area contributed by atoms with E-state index in [1.165, 1.54) is 36.6 Å². The number of hydrogen-bond acceptors (Lipinski definition) is 5. The molecule has 0 fully saturated rings. The zero-order valence-corrected chi connectivity index (χ0v) is 13.7. The van der Waals surface area contributed by atoms with Crippen LogP contribution in [-0.4, -0.2) is 24.3 Å². The number of benzene rings is 1. The van der Waals surface area contributed by atoms with Crippen molar-refractivity contribution in [2.24, 2.45) is 5.10 Å². The van der Waals surface area contributed by atoms with E-state index in [2.05, 4.69) is 10.5 Å². The molecule has 0 saturated heterocycles. The maximum atomic E-state index is 12.2. The van der Waals surface area contributed by atoms with Gasteiger partial charge in [-0.05, 0) is 49.4 Å². The number of para-hydroxylation sites is 1.